The Kier molecular flexibility index (Phi) is 6.56. The molecule has 66 valence electrons. The van der Waals surface area contributed by atoms with Gasteiger partial charge in [-0.05, 0) is 24.0 Å². The first-order valence-electron chi connectivity index (χ1n) is 3.49. The van der Waals surface area contributed by atoms with E-state index in [1.165, 1.54) is 4.31 Å². The van der Waals surface area contributed by atoms with Crippen LogP contribution in [0.1, 0.15) is 20.3 Å². The van der Waals surface area contributed by atoms with Gasteiger partial charge in [0.05, 0.1) is 17.8 Å². The number of rotatable bonds is 4. The molecule has 0 saturated heterocycles. The number of hydrogen-bond donors (Lipinski definition) is 0. The van der Waals surface area contributed by atoms with Gasteiger partial charge in [0, 0.05) is 6.54 Å². The van der Waals surface area contributed by atoms with Crippen LogP contribution >= 0.6 is 21.8 Å². The van der Waals surface area contributed by atoms with Gasteiger partial charge in [0.1, 0.15) is 0 Å². The zero-order valence-electron chi connectivity index (χ0n) is 6.67. The van der Waals surface area contributed by atoms with E-state index in [1.807, 2.05) is 6.92 Å². The first kappa shape index (κ1) is 10.9. The number of ether oxygens (including phenoxy) is 1. The maximum Gasteiger partial charge on any atom is 0.420 e. The maximum atomic E-state index is 11.0. The normalized spacial score (nSPS) is 9.36. The monoisotopic (exact) mass is 197 g/mol. The van der Waals surface area contributed by atoms with Gasteiger partial charge in [-0.3, -0.25) is 0 Å². The highest BCUT2D eigenvalue weighted by molar-refractivity contribution is 8.19. The van der Waals surface area contributed by atoms with Crippen molar-refractivity contribution in [2.45, 2.75) is 20.3 Å². The number of hydrogen-bond acceptors (Lipinski definition) is 3. The average Bonchev–Trinajstić information content (AvgIpc) is 2.00. The minimum atomic E-state index is -0.366. The molecule has 3 nitrogen and oxygen atoms in total. The Morgan fingerprint density at radius 1 is 1.64 bits per heavy atom. The second-order valence-corrected chi connectivity index (χ2v) is 2.86. The summed E-state index contributed by atoms with van der Waals surface area (Å²) >= 11 is 0.874. The van der Waals surface area contributed by atoms with Crippen LogP contribution in [0, 0.1) is 0 Å². The van der Waals surface area contributed by atoms with Crippen molar-refractivity contribution in [3.8, 4) is 0 Å². The zero-order chi connectivity index (χ0) is 8.69. The summed E-state index contributed by atoms with van der Waals surface area (Å²) < 4.78 is 6.11. The highest BCUT2D eigenvalue weighted by Gasteiger charge is 2.12. The summed E-state index contributed by atoms with van der Waals surface area (Å²) in [7, 11) is 5.42. The molecule has 0 fully saturated rings. The molecule has 0 spiro atoms. The van der Waals surface area contributed by atoms with Crippen LogP contribution in [0.25, 0.3) is 0 Å². The quantitative estimate of drug-likeness (QED) is 0.649. The van der Waals surface area contributed by atoms with E-state index in [-0.39, 0.29) is 6.09 Å². The minimum Gasteiger partial charge on any atom is -0.449 e. The summed E-state index contributed by atoms with van der Waals surface area (Å²) in [5.41, 5.74) is 0. The predicted molar refractivity (Wildman–Crippen MR) is 47.5 cm³/mol. The van der Waals surface area contributed by atoms with Crippen molar-refractivity contribution in [1.29, 1.82) is 0 Å². The molecule has 0 unspecified atom stereocenters. The van der Waals surface area contributed by atoms with Crippen molar-refractivity contribution >= 4 is 27.9 Å². The number of amides is 1. The van der Waals surface area contributed by atoms with Crippen molar-refractivity contribution in [2.24, 2.45) is 0 Å². The van der Waals surface area contributed by atoms with Crippen molar-refractivity contribution in [1.82, 2.24) is 4.31 Å². The Labute approximate surface area is 75.7 Å². The second kappa shape index (κ2) is 6.61. The number of nitrogens with zero attached hydrogens (tertiary/aromatic N) is 1. The number of carbonyl (C=O) groups excluding carboxylic acids is 1. The average molecular weight is 198 g/mol. The highest BCUT2D eigenvalue weighted by Crippen LogP contribution is 2.15. The van der Waals surface area contributed by atoms with Gasteiger partial charge < -0.3 is 4.74 Å². The Bertz CT molecular complexity index is 123. The molecule has 0 aromatic carbocycles. The fourth-order valence-electron chi connectivity index (χ4n) is 0.553. The smallest absolute Gasteiger partial charge is 0.420 e. The molecule has 0 aromatic rings. The SMILES string of the molecule is CCCN(SCl)C(=O)OCC. The molecule has 5 heteroatoms. The first-order valence-corrected chi connectivity index (χ1v) is 5.09. The molecule has 0 saturated carbocycles. The molecule has 0 aliphatic rings. The molecule has 11 heavy (non-hydrogen) atoms. The molecule has 0 atom stereocenters. The fraction of sp³-hybridized carbons (Fsp3) is 0.833. The van der Waals surface area contributed by atoms with E-state index >= 15 is 0 Å². The van der Waals surface area contributed by atoms with Crippen LogP contribution in [0.15, 0.2) is 0 Å². The van der Waals surface area contributed by atoms with Gasteiger partial charge in [-0.1, -0.05) is 6.92 Å². The predicted octanol–water partition coefficient (Wildman–Crippen LogP) is 2.66. The Morgan fingerprint density at radius 2 is 2.27 bits per heavy atom. The van der Waals surface area contributed by atoms with Crippen LogP contribution in [0.4, 0.5) is 4.79 Å². The van der Waals surface area contributed by atoms with Crippen molar-refractivity contribution < 1.29 is 9.53 Å². The van der Waals surface area contributed by atoms with Gasteiger partial charge in [-0.2, -0.15) is 0 Å². The lowest BCUT2D eigenvalue weighted by molar-refractivity contribution is 0.134. The second-order valence-electron chi connectivity index (χ2n) is 1.87. The topological polar surface area (TPSA) is 29.5 Å². The molecular formula is C6H12ClNO2S. The molecule has 0 rings (SSSR count). The maximum absolute atomic E-state index is 11.0. The third kappa shape index (κ3) is 4.37. The standard InChI is InChI=1S/C6H12ClNO2S/c1-3-5-8(11-7)6(9)10-4-2/h3-5H2,1-2H3. The molecule has 0 heterocycles. The third-order valence-electron chi connectivity index (χ3n) is 0.981. The van der Waals surface area contributed by atoms with Crippen LogP contribution < -0.4 is 0 Å². The molecule has 0 radical (unpaired) electrons. The van der Waals surface area contributed by atoms with E-state index in [0.717, 1.165) is 17.6 Å². The summed E-state index contributed by atoms with van der Waals surface area (Å²) in [4.78, 5) is 11.0. The molecule has 0 aliphatic heterocycles. The van der Waals surface area contributed by atoms with E-state index < -0.39 is 0 Å². The number of carbonyl (C=O) groups is 1. The van der Waals surface area contributed by atoms with Gasteiger partial charge in [0.2, 0.25) is 0 Å². The summed E-state index contributed by atoms with van der Waals surface area (Å²) in [6, 6.07) is 0. The lowest BCUT2D eigenvalue weighted by Crippen LogP contribution is -2.24. The lowest BCUT2D eigenvalue weighted by Gasteiger charge is -2.15. The summed E-state index contributed by atoms with van der Waals surface area (Å²) in [5.74, 6) is 0. The van der Waals surface area contributed by atoms with Crippen LogP contribution in [-0.4, -0.2) is 23.6 Å². The van der Waals surface area contributed by atoms with Crippen molar-refractivity contribution in [3.63, 3.8) is 0 Å². The zero-order valence-corrected chi connectivity index (χ0v) is 8.24. The van der Waals surface area contributed by atoms with E-state index in [0.29, 0.717) is 13.2 Å². The largest absolute Gasteiger partial charge is 0.449 e. The van der Waals surface area contributed by atoms with Crippen LogP contribution in [0.2, 0.25) is 0 Å². The molecular weight excluding hydrogens is 186 g/mol. The minimum absolute atomic E-state index is 0.366. The summed E-state index contributed by atoms with van der Waals surface area (Å²) in [6.07, 6.45) is 0.507. The van der Waals surface area contributed by atoms with Crippen molar-refractivity contribution in [2.75, 3.05) is 13.2 Å². The summed E-state index contributed by atoms with van der Waals surface area (Å²) in [5, 5.41) is 0. The molecule has 0 aromatic heterocycles. The first-order chi connectivity index (χ1) is 5.26. The van der Waals surface area contributed by atoms with Gasteiger partial charge in [0.15, 0.2) is 0 Å². The molecule has 0 bridgehead atoms. The Morgan fingerprint density at radius 3 is 2.64 bits per heavy atom. The Balaban J connectivity index is 3.71. The third-order valence-corrected chi connectivity index (χ3v) is 1.98. The fourth-order valence-corrected chi connectivity index (χ4v) is 1.29. The van der Waals surface area contributed by atoms with E-state index in [2.05, 4.69) is 0 Å². The van der Waals surface area contributed by atoms with Gasteiger partial charge in [-0.25, -0.2) is 9.10 Å². The molecule has 1 amide bonds. The summed E-state index contributed by atoms with van der Waals surface area (Å²) in [6.45, 7) is 4.74. The van der Waals surface area contributed by atoms with Gasteiger partial charge in [-0.15, -0.1) is 0 Å². The van der Waals surface area contributed by atoms with E-state index in [4.69, 9.17) is 15.4 Å². The molecule has 0 N–H and O–H groups in total. The van der Waals surface area contributed by atoms with E-state index in [9.17, 15) is 4.79 Å². The van der Waals surface area contributed by atoms with Gasteiger partial charge in [0.25, 0.3) is 0 Å². The molecule has 0 aliphatic carbocycles. The lowest BCUT2D eigenvalue weighted by atomic mass is 10.5. The Hall–Kier alpha value is -0.0900. The van der Waals surface area contributed by atoms with E-state index in [1.54, 1.807) is 6.92 Å². The van der Waals surface area contributed by atoms with Gasteiger partial charge >= 0.3 is 6.09 Å². The highest BCUT2D eigenvalue weighted by atomic mass is 35.7. The number of halogens is 1. The van der Waals surface area contributed by atoms with Crippen molar-refractivity contribution in [3.05, 3.63) is 0 Å². The van der Waals surface area contributed by atoms with Crippen LogP contribution in [0.5, 0.6) is 0 Å². The van der Waals surface area contributed by atoms with Crippen LogP contribution in [0.3, 0.4) is 0 Å². The van der Waals surface area contributed by atoms with Crippen LogP contribution in [-0.2, 0) is 4.74 Å².